The van der Waals surface area contributed by atoms with Gasteiger partial charge < -0.3 is 5.32 Å². The van der Waals surface area contributed by atoms with Gasteiger partial charge in [0.15, 0.2) is 0 Å². The zero-order chi connectivity index (χ0) is 13.0. The van der Waals surface area contributed by atoms with Crippen molar-refractivity contribution in [3.8, 4) is 0 Å². The third-order valence-corrected chi connectivity index (χ3v) is 3.09. The number of nitrogens with one attached hydrogen (secondary N) is 1. The normalized spacial score (nSPS) is 10.8. The van der Waals surface area contributed by atoms with Crippen LogP contribution in [-0.4, -0.2) is 16.3 Å². The molecule has 0 spiro atoms. The molecule has 0 amide bonds. The van der Waals surface area contributed by atoms with Crippen LogP contribution in [0, 0.1) is 20.8 Å². The van der Waals surface area contributed by atoms with E-state index in [-0.39, 0.29) is 0 Å². The number of hydrogen-bond acceptors (Lipinski definition) is 2. The lowest BCUT2D eigenvalue weighted by Gasteiger charge is -2.08. The fourth-order valence-corrected chi connectivity index (χ4v) is 2.05. The number of hydrogen-bond donors (Lipinski definition) is 1. The van der Waals surface area contributed by atoms with Gasteiger partial charge in [0, 0.05) is 19.3 Å². The molecule has 0 aliphatic rings. The standard InChI is InChI=1S/C15H21N3/c1-12-4-5-15(14(3)8-12)10-16-6-7-18-11-13(2)9-17-18/h4-5,8-9,11,16H,6-7,10H2,1-3H3. The van der Waals surface area contributed by atoms with Gasteiger partial charge in [-0.2, -0.15) is 5.10 Å². The van der Waals surface area contributed by atoms with Crippen molar-refractivity contribution in [3.05, 3.63) is 52.8 Å². The highest BCUT2D eigenvalue weighted by atomic mass is 15.3. The van der Waals surface area contributed by atoms with Crippen molar-refractivity contribution in [1.29, 1.82) is 0 Å². The van der Waals surface area contributed by atoms with E-state index in [9.17, 15) is 0 Å². The van der Waals surface area contributed by atoms with Crippen LogP contribution in [0.1, 0.15) is 22.3 Å². The van der Waals surface area contributed by atoms with E-state index >= 15 is 0 Å². The Balaban J connectivity index is 1.78. The summed E-state index contributed by atoms with van der Waals surface area (Å²) in [4.78, 5) is 0. The maximum absolute atomic E-state index is 4.27. The van der Waals surface area contributed by atoms with E-state index < -0.39 is 0 Å². The Morgan fingerprint density at radius 3 is 2.67 bits per heavy atom. The van der Waals surface area contributed by atoms with Gasteiger partial charge in [-0.3, -0.25) is 4.68 Å². The first kappa shape index (κ1) is 12.8. The molecule has 0 fully saturated rings. The summed E-state index contributed by atoms with van der Waals surface area (Å²) in [5.41, 5.74) is 5.27. The molecule has 1 aromatic carbocycles. The Morgan fingerprint density at radius 2 is 2.00 bits per heavy atom. The third-order valence-electron chi connectivity index (χ3n) is 3.09. The molecule has 0 atom stereocenters. The van der Waals surface area contributed by atoms with Crippen molar-refractivity contribution in [2.75, 3.05) is 6.54 Å². The second kappa shape index (κ2) is 5.83. The van der Waals surface area contributed by atoms with Crippen molar-refractivity contribution >= 4 is 0 Å². The van der Waals surface area contributed by atoms with Crippen LogP contribution in [0.15, 0.2) is 30.6 Å². The van der Waals surface area contributed by atoms with E-state index in [0.717, 1.165) is 19.6 Å². The summed E-state index contributed by atoms with van der Waals surface area (Å²) in [6, 6.07) is 6.60. The van der Waals surface area contributed by atoms with Crippen LogP contribution in [0.5, 0.6) is 0 Å². The highest BCUT2D eigenvalue weighted by Crippen LogP contribution is 2.09. The van der Waals surface area contributed by atoms with Gasteiger partial charge in [0.25, 0.3) is 0 Å². The largest absolute Gasteiger partial charge is 0.311 e. The second-order valence-electron chi connectivity index (χ2n) is 4.89. The van der Waals surface area contributed by atoms with Crippen LogP contribution in [0.2, 0.25) is 0 Å². The van der Waals surface area contributed by atoms with Crippen LogP contribution in [0.3, 0.4) is 0 Å². The minimum Gasteiger partial charge on any atom is -0.311 e. The fourth-order valence-electron chi connectivity index (χ4n) is 2.05. The summed E-state index contributed by atoms with van der Waals surface area (Å²) in [6.45, 7) is 9.14. The lowest BCUT2D eigenvalue weighted by atomic mass is 10.1. The van der Waals surface area contributed by atoms with Crippen molar-refractivity contribution in [3.63, 3.8) is 0 Å². The average molecular weight is 243 g/mol. The quantitative estimate of drug-likeness (QED) is 0.818. The Hall–Kier alpha value is -1.61. The Bertz CT molecular complexity index is 514. The Kier molecular flexibility index (Phi) is 4.15. The summed E-state index contributed by atoms with van der Waals surface area (Å²) >= 11 is 0. The molecule has 0 saturated carbocycles. The molecule has 0 aliphatic carbocycles. The molecule has 1 aromatic heterocycles. The number of nitrogens with zero attached hydrogens (tertiary/aromatic N) is 2. The van der Waals surface area contributed by atoms with Crippen molar-refractivity contribution < 1.29 is 0 Å². The first-order chi connectivity index (χ1) is 8.65. The first-order valence-electron chi connectivity index (χ1n) is 6.41. The molecule has 1 N–H and O–H groups in total. The van der Waals surface area contributed by atoms with Gasteiger partial charge in [-0.05, 0) is 37.5 Å². The summed E-state index contributed by atoms with van der Waals surface area (Å²) in [5, 5.41) is 7.73. The zero-order valence-corrected chi connectivity index (χ0v) is 11.4. The summed E-state index contributed by atoms with van der Waals surface area (Å²) in [6.07, 6.45) is 3.96. The van der Waals surface area contributed by atoms with E-state index in [2.05, 4.69) is 55.6 Å². The molecule has 0 radical (unpaired) electrons. The second-order valence-corrected chi connectivity index (χ2v) is 4.89. The molecule has 2 rings (SSSR count). The van der Waals surface area contributed by atoms with Crippen LogP contribution in [-0.2, 0) is 13.1 Å². The van der Waals surface area contributed by atoms with Crippen molar-refractivity contribution in [1.82, 2.24) is 15.1 Å². The third kappa shape index (κ3) is 3.44. The predicted octanol–water partition coefficient (Wildman–Crippen LogP) is 2.60. The molecule has 3 heteroatoms. The first-order valence-corrected chi connectivity index (χ1v) is 6.41. The number of benzene rings is 1. The van der Waals surface area contributed by atoms with Gasteiger partial charge in [-0.25, -0.2) is 0 Å². The van der Waals surface area contributed by atoms with E-state index in [1.54, 1.807) is 0 Å². The Labute approximate surface area is 109 Å². The van der Waals surface area contributed by atoms with Gasteiger partial charge in [0.1, 0.15) is 0 Å². The lowest BCUT2D eigenvalue weighted by molar-refractivity contribution is 0.554. The highest BCUT2D eigenvalue weighted by Gasteiger charge is 1.98. The van der Waals surface area contributed by atoms with Crippen LogP contribution in [0.4, 0.5) is 0 Å². The molecule has 2 aromatic rings. The van der Waals surface area contributed by atoms with Crippen LogP contribution >= 0.6 is 0 Å². The molecule has 0 aliphatic heterocycles. The highest BCUT2D eigenvalue weighted by molar-refractivity contribution is 5.30. The molecule has 0 unspecified atom stereocenters. The van der Waals surface area contributed by atoms with Gasteiger partial charge in [-0.1, -0.05) is 23.8 Å². The molecule has 0 bridgehead atoms. The molecule has 3 nitrogen and oxygen atoms in total. The maximum Gasteiger partial charge on any atom is 0.0534 e. The van der Waals surface area contributed by atoms with Crippen molar-refractivity contribution in [2.45, 2.75) is 33.9 Å². The SMILES string of the molecule is Cc1ccc(CNCCn2cc(C)cn2)c(C)c1. The minimum absolute atomic E-state index is 0.915. The van der Waals surface area contributed by atoms with E-state index in [4.69, 9.17) is 0 Å². The van der Waals surface area contributed by atoms with Crippen molar-refractivity contribution in [2.24, 2.45) is 0 Å². The minimum atomic E-state index is 0.915. The van der Waals surface area contributed by atoms with E-state index in [0.29, 0.717) is 0 Å². The smallest absolute Gasteiger partial charge is 0.0534 e. The lowest BCUT2D eigenvalue weighted by Crippen LogP contribution is -2.20. The average Bonchev–Trinajstić information content (AvgIpc) is 2.73. The van der Waals surface area contributed by atoms with Gasteiger partial charge >= 0.3 is 0 Å². The predicted molar refractivity (Wildman–Crippen MR) is 74.6 cm³/mol. The summed E-state index contributed by atoms with van der Waals surface area (Å²) in [5.74, 6) is 0. The summed E-state index contributed by atoms with van der Waals surface area (Å²) in [7, 11) is 0. The van der Waals surface area contributed by atoms with Gasteiger partial charge in [0.05, 0.1) is 12.7 Å². The monoisotopic (exact) mass is 243 g/mol. The van der Waals surface area contributed by atoms with Gasteiger partial charge in [-0.15, -0.1) is 0 Å². The molecule has 0 saturated heterocycles. The molecular weight excluding hydrogens is 222 g/mol. The number of rotatable bonds is 5. The molecule has 1 heterocycles. The van der Waals surface area contributed by atoms with Crippen LogP contribution < -0.4 is 5.32 Å². The maximum atomic E-state index is 4.27. The Morgan fingerprint density at radius 1 is 1.17 bits per heavy atom. The number of aryl methyl sites for hydroxylation is 3. The molecule has 96 valence electrons. The van der Waals surface area contributed by atoms with Crippen LogP contribution in [0.25, 0.3) is 0 Å². The fraction of sp³-hybridized carbons (Fsp3) is 0.400. The van der Waals surface area contributed by atoms with E-state index in [1.165, 1.54) is 22.3 Å². The number of aromatic nitrogens is 2. The zero-order valence-electron chi connectivity index (χ0n) is 11.4. The molecular formula is C15H21N3. The topological polar surface area (TPSA) is 29.9 Å². The summed E-state index contributed by atoms with van der Waals surface area (Å²) < 4.78 is 1.98. The van der Waals surface area contributed by atoms with E-state index in [1.807, 2.05) is 10.9 Å². The van der Waals surface area contributed by atoms with Gasteiger partial charge in [0.2, 0.25) is 0 Å². The molecule has 18 heavy (non-hydrogen) atoms.